The molecule has 0 unspecified atom stereocenters. The summed E-state index contributed by atoms with van der Waals surface area (Å²) in [5, 5.41) is 3.03. The van der Waals surface area contributed by atoms with Gasteiger partial charge in [0.25, 0.3) is 5.91 Å². The topological polar surface area (TPSA) is 72.4 Å². The molecule has 0 fully saturated rings. The highest BCUT2D eigenvalue weighted by Gasteiger charge is 2.15. The number of nitrogens with two attached hydrogens (primary N) is 1. The maximum absolute atomic E-state index is 13.9. The van der Waals surface area contributed by atoms with Crippen LogP contribution in [0.3, 0.4) is 0 Å². The molecule has 0 spiro atoms. The Morgan fingerprint density at radius 2 is 2.22 bits per heavy atom. The van der Waals surface area contributed by atoms with E-state index >= 15 is 0 Å². The summed E-state index contributed by atoms with van der Waals surface area (Å²) in [6.07, 6.45) is 1.90. The average molecular weight is 377 g/mol. The van der Waals surface area contributed by atoms with E-state index in [4.69, 9.17) is 5.73 Å². The van der Waals surface area contributed by atoms with Crippen molar-refractivity contribution in [1.29, 1.82) is 0 Å². The van der Waals surface area contributed by atoms with Gasteiger partial charge in [-0.25, -0.2) is 9.37 Å². The zero-order chi connectivity index (χ0) is 16.6. The predicted molar refractivity (Wildman–Crippen MR) is 89.9 cm³/mol. The lowest BCUT2D eigenvalue weighted by atomic mass is 10.1. The van der Waals surface area contributed by atoms with E-state index < -0.39 is 11.7 Å². The second-order valence-electron chi connectivity index (χ2n) is 5.16. The lowest BCUT2D eigenvalue weighted by molar-refractivity contribution is 0.0997. The molecule has 0 saturated heterocycles. The Morgan fingerprint density at radius 1 is 1.43 bits per heavy atom. The van der Waals surface area contributed by atoms with Crippen LogP contribution < -0.4 is 11.1 Å². The van der Waals surface area contributed by atoms with E-state index in [1.807, 2.05) is 35.7 Å². The van der Waals surface area contributed by atoms with Gasteiger partial charge in [0, 0.05) is 16.4 Å². The maximum Gasteiger partial charge on any atom is 0.253 e. The number of rotatable bonds is 4. The molecule has 1 amide bonds. The number of imidazole rings is 1. The maximum atomic E-state index is 13.9. The fraction of sp³-hybridized carbons (Fsp3) is 0.125. The summed E-state index contributed by atoms with van der Waals surface area (Å²) in [4.78, 5) is 15.9. The Morgan fingerprint density at radius 3 is 2.91 bits per heavy atom. The van der Waals surface area contributed by atoms with E-state index in [1.165, 1.54) is 6.07 Å². The number of primary amides is 1. The summed E-state index contributed by atoms with van der Waals surface area (Å²) in [7, 11) is 0. The van der Waals surface area contributed by atoms with Gasteiger partial charge in [0.2, 0.25) is 0 Å². The van der Waals surface area contributed by atoms with Gasteiger partial charge in [-0.15, -0.1) is 0 Å². The standard InChI is InChI=1S/C16H14BrFN4O/c1-9-3-2-4-14-21-11(8-22(9)14)7-20-13-6-10(17)5-12(18)15(13)16(19)23/h2-6,8,20H,7H2,1H3,(H2,19,23). The van der Waals surface area contributed by atoms with Gasteiger partial charge in [0.1, 0.15) is 11.5 Å². The second-order valence-corrected chi connectivity index (χ2v) is 6.07. The molecule has 3 N–H and O–H groups in total. The first-order valence-electron chi connectivity index (χ1n) is 6.92. The van der Waals surface area contributed by atoms with Crippen LogP contribution in [0.1, 0.15) is 21.7 Å². The van der Waals surface area contributed by atoms with E-state index in [1.54, 1.807) is 6.07 Å². The number of aromatic nitrogens is 2. The number of pyridine rings is 1. The van der Waals surface area contributed by atoms with Gasteiger partial charge in [-0.2, -0.15) is 0 Å². The van der Waals surface area contributed by atoms with E-state index in [0.717, 1.165) is 17.0 Å². The highest BCUT2D eigenvalue weighted by molar-refractivity contribution is 9.10. The Labute approximate surface area is 140 Å². The van der Waals surface area contributed by atoms with E-state index in [0.29, 0.717) is 16.7 Å². The van der Waals surface area contributed by atoms with Crippen LogP contribution >= 0.6 is 15.9 Å². The molecule has 2 heterocycles. The van der Waals surface area contributed by atoms with Crippen LogP contribution in [0.15, 0.2) is 41.0 Å². The molecule has 5 nitrogen and oxygen atoms in total. The van der Waals surface area contributed by atoms with Crippen molar-refractivity contribution in [2.45, 2.75) is 13.5 Å². The van der Waals surface area contributed by atoms with Crippen LogP contribution in [0.2, 0.25) is 0 Å². The Hall–Kier alpha value is -2.41. The third-order valence-electron chi connectivity index (χ3n) is 3.51. The summed E-state index contributed by atoms with van der Waals surface area (Å²) in [6, 6.07) is 8.65. The lowest BCUT2D eigenvalue weighted by Gasteiger charge is -2.10. The van der Waals surface area contributed by atoms with Crippen molar-refractivity contribution in [3.63, 3.8) is 0 Å². The minimum Gasteiger partial charge on any atom is -0.379 e. The molecule has 0 saturated carbocycles. The molecule has 0 aliphatic carbocycles. The van der Waals surface area contributed by atoms with Crippen LogP contribution in [0.5, 0.6) is 0 Å². The molecule has 1 aromatic carbocycles. The number of aryl methyl sites for hydroxylation is 1. The van der Waals surface area contributed by atoms with Crippen molar-refractivity contribution in [2.24, 2.45) is 5.73 Å². The SMILES string of the molecule is Cc1cccc2nc(CNc3cc(Br)cc(F)c3C(N)=O)cn12. The van der Waals surface area contributed by atoms with Crippen molar-refractivity contribution < 1.29 is 9.18 Å². The third-order valence-corrected chi connectivity index (χ3v) is 3.97. The smallest absolute Gasteiger partial charge is 0.253 e. The highest BCUT2D eigenvalue weighted by atomic mass is 79.9. The van der Waals surface area contributed by atoms with Crippen LogP contribution in [0, 0.1) is 12.7 Å². The number of carbonyl (C=O) groups excluding carboxylic acids is 1. The number of hydrogen-bond donors (Lipinski definition) is 2. The Balaban J connectivity index is 1.90. The summed E-state index contributed by atoms with van der Waals surface area (Å²) in [6.45, 7) is 2.33. The van der Waals surface area contributed by atoms with Crippen LogP contribution in [-0.4, -0.2) is 15.3 Å². The van der Waals surface area contributed by atoms with Crippen LogP contribution in [0.25, 0.3) is 5.65 Å². The molecule has 2 aromatic heterocycles. The number of anilines is 1. The summed E-state index contributed by atoms with van der Waals surface area (Å²) in [5.74, 6) is -1.48. The van der Waals surface area contributed by atoms with E-state index in [2.05, 4.69) is 26.2 Å². The molecule has 0 atom stereocenters. The molecular weight excluding hydrogens is 363 g/mol. The van der Waals surface area contributed by atoms with Crippen molar-refractivity contribution >= 4 is 33.2 Å². The minimum atomic E-state index is -0.816. The van der Waals surface area contributed by atoms with Crippen molar-refractivity contribution in [2.75, 3.05) is 5.32 Å². The van der Waals surface area contributed by atoms with Gasteiger partial charge in [-0.1, -0.05) is 22.0 Å². The molecule has 0 bridgehead atoms. The van der Waals surface area contributed by atoms with Gasteiger partial charge < -0.3 is 15.5 Å². The second kappa shape index (κ2) is 6.00. The summed E-state index contributed by atoms with van der Waals surface area (Å²) in [5.41, 5.74) is 8.10. The van der Waals surface area contributed by atoms with Gasteiger partial charge in [-0.05, 0) is 31.2 Å². The molecule has 0 radical (unpaired) electrons. The molecule has 3 aromatic rings. The first kappa shape index (κ1) is 15.5. The Kier molecular flexibility index (Phi) is 4.04. The zero-order valence-electron chi connectivity index (χ0n) is 12.3. The van der Waals surface area contributed by atoms with Crippen molar-refractivity contribution in [3.8, 4) is 0 Å². The number of benzene rings is 1. The van der Waals surface area contributed by atoms with Gasteiger partial charge >= 0.3 is 0 Å². The number of nitrogens with zero attached hydrogens (tertiary/aromatic N) is 2. The number of fused-ring (bicyclic) bond motifs is 1. The molecule has 3 rings (SSSR count). The van der Waals surface area contributed by atoms with Crippen LogP contribution in [-0.2, 0) is 6.54 Å². The molecular formula is C16H14BrFN4O. The first-order valence-corrected chi connectivity index (χ1v) is 7.71. The number of nitrogens with one attached hydrogen (secondary N) is 1. The molecule has 0 aliphatic rings. The molecule has 23 heavy (non-hydrogen) atoms. The van der Waals surface area contributed by atoms with E-state index in [9.17, 15) is 9.18 Å². The molecule has 118 valence electrons. The van der Waals surface area contributed by atoms with Crippen molar-refractivity contribution in [1.82, 2.24) is 9.38 Å². The summed E-state index contributed by atoms with van der Waals surface area (Å²) < 4.78 is 16.4. The number of amides is 1. The highest BCUT2D eigenvalue weighted by Crippen LogP contribution is 2.25. The van der Waals surface area contributed by atoms with Crippen LogP contribution in [0.4, 0.5) is 10.1 Å². The summed E-state index contributed by atoms with van der Waals surface area (Å²) >= 11 is 3.21. The predicted octanol–water partition coefficient (Wildman–Crippen LogP) is 3.26. The Bertz CT molecular complexity index is 906. The molecule has 0 aliphatic heterocycles. The lowest BCUT2D eigenvalue weighted by Crippen LogP contribution is -2.16. The first-order chi connectivity index (χ1) is 11.0. The quantitative estimate of drug-likeness (QED) is 0.733. The monoisotopic (exact) mass is 376 g/mol. The van der Waals surface area contributed by atoms with Gasteiger partial charge in [-0.3, -0.25) is 4.79 Å². The number of hydrogen-bond acceptors (Lipinski definition) is 3. The zero-order valence-corrected chi connectivity index (χ0v) is 13.9. The normalized spacial score (nSPS) is 10.9. The number of carbonyl (C=O) groups is 1. The fourth-order valence-corrected chi connectivity index (χ4v) is 2.86. The fourth-order valence-electron chi connectivity index (χ4n) is 2.43. The largest absolute Gasteiger partial charge is 0.379 e. The van der Waals surface area contributed by atoms with Crippen molar-refractivity contribution in [3.05, 3.63) is 63.8 Å². The third kappa shape index (κ3) is 3.05. The molecule has 7 heteroatoms. The van der Waals surface area contributed by atoms with E-state index in [-0.39, 0.29) is 5.56 Å². The van der Waals surface area contributed by atoms with Gasteiger partial charge in [0.05, 0.1) is 23.5 Å². The number of halogens is 2. The van der Waals surface area contributed by atoms with Gasteiger partial charge in [0.15, 0.2) is 0 Å². The average Bonchev–Trinajstić information content (AvgIpc) is 2.88. The minimum absolute atomic E-state index is 0.159.